The summed E-state index contributed by atoms with van der Waals surface area (Å²) < 4.78 is 12.7. The minimum absolute atomic E-state index is 0.0953. The largest absolute Gasteiger partial charge is 0.461 e. The zero-order valence-corrected chi connectivity index (χ0v) is 16.4. The molecule has 0 spiro atoms. The quantitative estimate of drug-likeness (QED) is 0.412. The van der Waals surface area contributed by atoms with Gasteiger partial charge < -0.3 is 9.47 Å². The van der Waals surface area contributed by atoms with Gasteiger partial charge in [0.15, 0.2) is 0 Å². The van der Waals surface area contributed by atoms with Crippen molar-refractivity contribution in [3.05, 3.63) is 69.4 Å². The van der Waals surface area contributed by atoms with E-state index in [-0.39, 0.29) is 25.6 Å². The number of esters is 1. The Bertz CT molecular complexity index is 934. The van der Waals surface area contributed by atoms with Crippen molar-refractivity contribution in [1.82, 2.24) is 4.57 Å². The molecule has 0 aliphatic carbocycles. The Kier molecular flexibility index (Phi) is 5.92. The van der Waals surface area contributed by atoms with Crippen molar-refractivity contribution < 1.29 is 19.1 Å². The van der Waals surface area contributed by atoms with Crippen molar-refractivity contribution >= 4 is 45.6 Å². The van der Waals surface area contributed by atoms with Gasteiger partial charge in [0, 0.05) is 10.9 Å². The maximum atomic E-state index is 12.3. The SMILES string of the molecule is CCOC(=O)n1c(I)c(CC(=O)OCc2ccccc2)c2ccccc21. The third-order valence-corrected chi connectivity index (χ3v) is 5.06. The number of fused-ring (bicyclic) bond motifs is 1. The fraction of sp³-hybridized carbons (Fsp3) is 0.200. The number of carbonyl (C=O) groups is 2. The lowest BCUT2D eigenvalue weighted by Crippen LogP contribution is -2.16. The van der Waals surface area contributed by atoms with E-state index >= 15 is 0 Å². The van der Waals surface area contributed by atoms with E-state index in [1.54, 1.807) is 6.92 Å². The van der Waals surface area contributed by atoms with Crippen LogP contribution < -0.4 is 0 Å². The molecule has 0 aliphatic rings. The molecule has 0 bridgehead atoms. The number of hydrogen-bond acceptors (Lipinski definition) is 4. The van der Waals surface area contributed by atoms with E-state index in [2.05, 4.69) is 22.6 Å². The molecule has 3 rings (SSSR count). The van der Waals surface area contributed by atoms with Gasteiger partial charge in [-0.2, -0.15) is 0 Å². The Labute approximate surface area is 165 Å². The van der Waals surface area contributed by atoms with Crippen LogP contribution in [0.1, 0.15) is 18.1 Å². The second-order valence-corrected chi connectivity index (χ2v) is 6.67. The van der Waals surface area contributed by atoms with Gasteiger partial charge in [-0.3, -0.25) is 4.79 Å². The van der Waals surface area contributed by atoms with Crippen LogP contribution >= 0.6 is 22.6 Å². The van der Waals surface area contributed by atoms with E-state index in [0.717, 1.165) is 22.0 Å². The normalized spacial score (nSPS) is 10.7. The van der Waals surface area contributed by atoms with Gasteiger partial charge in [-0.15, -0.1) is 0 Å². The Morgan fingerprint density at radius 1 is 1.00 bits per heavy atom. The highest BCUT2D eigenvalue weighted by Crippen LogP contribution is 2.28. The smallest absolute Gasteiger partial charge is 0.419 e. The van der Waals surface area contributed by atoms with Gasteiger partial charge in [0.25, 0.3) is 0 Å². The summed E-state index contributed by atoms with van der Waals surface area (Å²) in [7, 11) is 0. The first-order valence-electron chi connectivity index (χ1n) is 8.26. The van der Waals surface area contributed by atoms with Crippen LogP contribution in [-0.2, 0) is 27.3 Å². The van der Waals surface area contributed by atoms with Gasteiger partial charge in [0.2, 0.25) is 0 Å². The molecule has 134 valence electrons. The second-order valence-electron chi connectivity index (χ2n) is 5.64. The van der Waals surface area contributed by atoms with Crippen LogP contribution in [0, 0.1) is 3.70 Å². The molecule has 0 saturated heterocycles. The third kappa shape index (κ3) is 3.90. The van der Waals surface area contributed by atoms with Crippen molar-refractivity contribution in [2.24, 2.45) is 0 Å². The number of nitrogens with zero attached hydrogens (tertiary/aromatic N) is 1. The topological polar surface area (TPSA) is 57.5 Å². The Hall–Kier alpha value is -2.35. The van der Waals surface area contributed by atoms with Crippen LogP contribution in [0.25, 0.3) is 10.9 Å². The average molecular weight is 463 g/mol. The standard InChI is InChI=1S/C20H18INO4/c1-2-25-20(24)22-17-11-7-6-10-15(17)16(19(22)21)12-18(23)26-13-14-8-4-3-5-9-14/h3-11H,2,12-13H2,1H3. The number of ether oxygens (including phenoxy) is 2. The molecule has 2 aromatic carbocycles. The number of hydrogen-bond donors (Lipinski definition) is 0. The molecule has 3 aromatic rings. The van der Waals surface area contributed by atoms with Gasteiger partial charge in [-0.25, -0.2) is 9.36 Å². The number of aromatic nitrogens is 1. The molecule has 0 atom stereocenters. The lowest BCUT2D eigenvalue weighted by atomic mass is 10.1. The molecule has 0 unspecified atom stereocenters. The minimum atomic E-state index is -0.447. The van der Waals surface area contributed by atoms with Gasteiger partial charge >= 0.3 is 12.1 Å². The second kappa shape index (κ2) is 8.35. The monoisotopic (exact) mass is 463 g/mol. The summed E-state index contributed by atoms with van der Waals surface area (Å²) >= 11 is 2.08. The highest BCUT2D eigenvalue weighted by atomic mass is 127. The molecule has 0 aliphatic heterocycles. The summed E-state index contributed by atoms with van der Waals surface area (Å²) in [6.07, 6.45) is -0.352. The molecule has 0 radical (unpaired) electrons. The average Bonchev–Trinajstić information content (AvgIpc) is 2.93. The van der Waals surface area contributed by atoms with E-state index in [4.69, 9.17) is 9.47 Å². The number of halogens is 1. The summed E-state index contributed by atoms with van der Waals surface area (Å²) in [6.45, 7) is 2.28. The van der Waals surface area contributed by atoms with Crippen molar-refractivity contribution in [2.45, 2.75) is 20.0 Å². The lowest BCUT2D eigenvalue weighted by molar-refractivity contribution is -0.144. The van der Waals surface area contributed by atoms with Crippen molar-refractivity contribution in [2.75, 3.05) is 6.61 Å². The van der Waals surface area contributed by atoms with E-state index in [1.807, 2.05) is 54.6 Å². The summed E-state index contributed by atoms with van der Waals surface area (Å²) in [4.78, 5) is 24.6. The van der Waals surface area contributed by atoms with E-state index in [1.165, 1.54) is 4.57 Å². The first kappa shape index (κ1) is 18.4. The summed E-state index contributed by atoms with van der Waals surface area (Å²) in [5, 5.41) is 0.849. The van der Waals surface area contributed by atoms with E-state index in [0.29, 0.717) is 3.70 Å². The molecular weight excluding hydrogens is 445 g/mol. The molecule has 0 fully saturated rings. The van der Waals surface area contributed by atoms with Crippen LogP contribution in [0.4, 0.5) is 4.79 Å². The van der Waals surface area contributed by atoms with E-state index in [9.17, 15) is 9.59 Å². The minimum Gasteiger partial charge on any atom is -0.461 e. The maximum absolute atomic E-state index is 12.3. The zero-order valence-electron chi connectivity index (χ0n) is 14.3. The molecule has 5 nitrogen and oxygen atoms in total. The maximum Gasteiger partial charge on any atom is 0.419 e. The number of para-hydroxylation sites is 1. The predicted molar refractivity (Wildman–Crippen MR) is 107 cm³/mol. The first-order chi connectivity index (χ1) is 12.6. The molecule has 0 N–H and O–H groups in total. The first-order valence-corrected chi connectivity index (χ1v) is 9.34. The molecule has 26 heavy (non-hydrogen) atoms. The van der Waals surface area contributed by atoms with Crippen LogP contribution in [0.3, 0.4) is 0 Å². The zero-order chi connectivity index (χ0) is 18.5. The van der Waals surface area contributed by atoms with Crippen LogP contribution in [0.2, 0.25) is 0 Å². The van der Waals surface area contributed by atoms with Gasteiger partial charge in [0.05, 0.1) is 22.2 Å². The molecule has 1 heterocycles. The number of rotatable bonds is 5. The summed E-state index contributed by atoms with van der Waals surface area (Å²) in [5.41, 5.74) is 2.43. The highest BCUT2D eigenvalue weighted by molar-refractivity contribution is 14.1. The molecular formula is C20H18INO4. The van der Waals surface area contributed by atoms with Gasteiger partial charge in [-0.1, -0.05) is 48.5 Å². The van der Waals surface area contributed by atoms with Crippen LogP contribution in [0.15, 0.2) is 54.6 Å². The highest BCUT2D eigenvalue weighted by Gasteiger charge is 2.22. The summed E-state index contributed by atoms with van der Waals surface area (Å²) in [6, 6.07) is 17.0. The van der Waals surface area contributed by atoms with Crippen LogP contribution in [0.5, 0.6) is 0 Å². The van der Waals surface area contributed by atoms with Crippen molar-refractivity contribution in [3.8, 4) is 0 Å². The van der Waals surface area contributed by atoms with Crippen molar-refractivity contribution in [3.63, 3.8) is 0 Å². The fourth-order valence-electron chi connectivity index (χ4n) is 2.74. The Morgan fingerprint density at radius 3 is 2.42 bits per heavy atom. The Balaban J connectivity index is 1.84. The van der Waals surface area contributed by atoms with Gasteiger partial charge in [-0.05, 0) is 41.1 Å². The predicted octanol–water partition coefficient (Wildman–Crippen LogP) is 4.54. The molecule has 6 heteroatoms. The number of carbonyl (C=O) groups excluding carboxylic acids is 2. The molecule has 0 saturated carbocycles. The molecule has 0 amide bonds. The Morgan fingerprint density at radius 2 is 1.69 bits per heavy atom. The summed E-state index contributed by atoms with van der Waals surface area (Å²) in [5.74, 6) is -0.335. The number of benzene rings is 2. The lowest BCUT2D eigenvalue weighted by Gasteiger charge is -2.06. The van der Waals surface area contributed by atoms with E-state index < -0.39 is 6.09 Å². The fourth-order valence-corrected chi connectivity index (χ4v) is 3.68. The van der Waals surface area contributed by atoms with Crippen LogP contribution in [-0.4, -0.2) is 23.2 Å². The van der Waals surface area contributed by atoms with Crippen molar-refractivity contribution in [1.29, 1.82) is 0 Å². The third-order valence-electron chi connectivity index (χ3n) is 3.93. The molecule has 1 aromatic heterocycles. The van der Waals surface area contributed by atoms with Gasteiger partial charge in [0.1, 0.15) is 6.61 Å².